The number of aromatic nitrogens is 3. The Labute approximate surface area is 419 Å². The Balaban J connectivity index is 0.928. The predicted molar refractivity (Wildman–Crippen MR) is 289 cm³/mol. The Hall–Kier alpha value is -8.09. The summed E-state index contributed by atoms with van der Waals surface area (Å²) < 4.78 is 107. The molecule has 12 rings (SSSR count). The molecule has 0 fully saturated rings. The van der Waals surface area contributed by atoms with Gasteiger partial charge in [0.1, 0.15) is 24.0 Å². The summed E-state index contributed by atoms with van der Waals surface area (Å²) in [5.41, 5.74) is 9.12. The quantitative estimate of drug-likeness (QED) is 0.160. The minimum atomic E-state index is -2.66. The second-order valence-electron chi connectivity index (χ2n) is 19.8. The molecule has 0 N–H and O–H groups in total. The van der Waals surface area contributed by atoms with Crippen molar-refractivity contribution in [2.24, 2.45) is 0 Å². The van der Waals surface area contributed by atoms with Gasteiger partial charge in [0.2, 0.25) is 0 Å². The van der Waals surface area contributed by atoms with E-state index in [9.17, 15) is 0 Å². The van der Waals surface area contributed by atoms with Gasteiger partial charge in [-0.25, -0.2) is 4.98 Å². The zero-order valence-electron chi connectivity index (χ0n) is 50.2. The molecular weight excluding hydrogens is 843 g/mol. The molecule has 6 nitrogen and oxygen atoms in total. The lowest BCUT2D eigenvalue weighted by atomic mass is 9.80. The number of aryl methyl sites for hydroxylation is 1. The number of rotatable bonds is 7. The maximum atomic E-state index is 9.01. The largest absolute Gasteiger partial charge is 0.457 e. The summed E-state index contributed by atoms with van der Waals surface area (Å²) in [5.74, 6) is 1.53. The fraction of sp³-hybridized carbons (Fsp3) is 0.159. The fourth-order valence-corrected chi connectivity index (χ4v) is 9.69. The van der Waals surface area contributed by atoms with Crippen LogP contribution in [0.4, 0.5) is 22.7 Å². The normalized spacial score (nSPS) is 15.5. The monoisotopic (exact) mass is 909 g/mol. The highest BCUT2D eigenvalue weighted by Gasteiger charge is 2.30. The summed E-state index contributed by atoms with van der Waals surface area (Å²) in [4.78, 5) is 9.64. The molecule has 3 aromatic heterocycles. The summed E-state index contributed by atoms with van der Waals surface area (Å²) in [5, 5.41) is 1.71. The zero-order valence-corrected chi connectivity index (χ0v) is 39.2. The lowest BCUT2D eigenvalue weighted by molar-refractivity contribution is 0.483. The van der Waals surface area contributed by atoms with Gasteiger partial charge in [0, 0.05) is 66.6 Å². The first-order chi connectivity index (χ1) is 37.9. The van der Waals surface area contributed by atoms with Gasteiger partial charge in [-0.15, -0.1) is 0 Å². The first-order valence-electron chi connectivity index (χ1n) is 28.6. The number of fused-ring (bicyclic) bond motifs is 7. The molecule has 8 aromatic carbocycles. The van der Waals surface area contributed by atoms with E-state index >= 15 is 0 Å². The SMILES string of the molecule is [2H]c1c([2H])c([2H])c2c(c1[2H])c1c([2H])c([2H])c([2H])c([2H])c1n2-c1cccc(-c2cnc(-n3c4ccccc4c4ccc(Oc5cccc(N6CN(c7cc(C(C)(C)C)cc(C(C)(C)C)c7)c7ccccc76)c5)cc43)cc2C([2H])([2H])[2H])c1. The highest BCUT2D eigenvalue weighted by atomic mass is 16.5. The average molecular weight is 909 g/mol. The van der Waals surface area contributed by atoms with E-state index in [-0.39, 0.29) is 49.5 Å². The molecule has 1 aliphatic heterocycles. The third kappa shape index (κ3) is 7.30. The van der Waals surface area contributed by atoms with E-state index in [2.05, 4.69) is 99.9 Å². The minimum absolute atomic E-state index is 0.0144. The predicted octanol–water partition coefficient (Wildman–Crippen LogP) is 16.9. The van der Waals surface area contributed by atoms with E-state index in [0.29, 0.717) is 29.5 Å². The Bertz CT molecular complexity index is 4290. The molecule has 0 bridgehead atoms. The molecule has 1 aliphatic rings. The molecule has 11 aromatic rings. The van der Waals surface area contributed by atoms with E-state index in [1.165, 1.54) is 21.9 Å². The second-order valence-corrected chi connectivity index (χ2v) is 19.8. The van der Waals surface area contributed by atoms with Crippen LogP contribution in [0, 0.1) is 6.85 Å². The molecule has 6 heteroatoms. The van der Waals surface area contributed by atoms with Crippen LogP contribution in [0.2, 0.25) is 0 Å². The average Bonchev–Trinajstić information content (AvgIpc) is 2.75. The molecule has 69 heavy (non-hydrogen) atoms. The van der Waals surface area contributed by atoms with Gasteiger partial charge in [0.25, 0.3) is 0 Å². The van der Waals surface area contributed by atoms with Crippen molar-refractivity contribution >= 4 is 66.4 Å². The Morgan fingerprint density at radius 2 is 1.13 bits per heavy atom. The third-order valence-corrected chi connectivity index (χ3v) is 13.3. The standard InChI is InChI=1S/C63H55N5O/c1-41-32-61(64-39-54(41)42-18-16-20-46(33-42)67-55-25-11-8-22-50(55)51-23-9-12-26-56(51)67)68-57-27-13-10-24-52(57)53-31-30-49(38-60(53)68)69-48-21-17-19-45(37-48)65-40-66(59-29-15-14-28-58(59)65)47-35-43(62(2,3)4)34-44(36-47)63(5,6)7/h8-39H,40H2,1-7H3/i1D3,8D,9D,11D,12D,22D,23D,25D,26D. The lowest BCUT2D eigenvalue weighted by Gasteiger charge is -2.29. The minimum Gasteiger partial charge on any atom is -0.457 e. The van der Waals surface area contributed by atoms with E-state index in [1.807, 2.05) is 65.2 Å². The van der Waals surface area contributed by atoms with Crippen LogP contribution in [-0.4, -0.2) is 20.8 Å². The molecule has 0 atom stereocenters. The van der Waals surface area contributed by atoms with Crippen LogP contribution in [0.1, 0.15) is 73.3 Å². The zero-order chi connectivity index (χ0) is 56.6. The molecule has 0 saturated heterocycles. The van der Waals surface area contributed by atoms with Gasteiger partial charge >= 0.3 is 0 Å². The Morgan fingerprint density at radius 3 is 1.84 bits per heavy atom. The van der Waals surface area contributed by atoms with E-state index in [1.54, 1.807) is 30.3 Å². The first kappa shape index (κ1) is 31.8. The summed E-state index contributed by atoms with van der Waals surface area (Å²) in [6.45, 7) is 11.5. The molecule has 0 saturated carbocycles. The summed E-state index contributed by atoms with van der Waals surface area (Å²) in [6.07, 6.45) is 1.51. The fourth-order valence-electron chi connectivity index (χ4n) is 9.69. The maximum absolute atomic E-state index is 9.01. The third-order valence-electron chi connectivity index (χ3n) is 13.3. The molecular formula is C63H55N5O. The van der Waals surface area contributed by atoms with Crippen molar-refractivity contribution in [1.82, 2.24) is 14.1 Å². The molecule has 0 radical (unpaired) electrons. The van der Waals surface area contributed by atoms with Crippen molar-refractivity contribution in [1.29, 1.82) is 0 Å². The van der Waals surface area contributed by atoms with E-state index < -0.39 is 55.2 Å². The number of hydrogen-bond acceptors (Lipinski definition) is 4. The van der Waals surface area contributed by atoms with Crippen LogP contribution in [-0.2, 0) is 10.8 Å². The van der Waals surface area contributed by atoms with Crippen LogP contribution in [0.25, 0.3) is 66.2 Å². The van der Waals surface area contributed by atoms with Crippen molar-refractivity contribution in [2.45, 2.75) is 59.2 Å². The van der Waals surface area contributed by atoms with Gasteiger partial charge in [-0.1, -0.05) is 132 Å². The molecule has 0 amide bonds. The van der Waals surface area contributed by atoms with Gasteiger partial charge in [-0.05, 0) is 125 Å². The van der Waals surface area contributed by atoms with E-state index in [0.717, 1.165) is 44.6 Å². The Kier molecular flexibility index (Phi) is 7.39. The summed E-state index contributed by atoms with van der Waals surface area (Å²) >= 11 is 0. The van der Waals surface area contributed by atoms with E-state index in [4.69, 9.17) is 24.8 Å². The number of hydrogen-bond donors (Lipinski definition) is 0. The topological polar surface area (TPSA) is 38.5 Å². The van der Waals surface area contributed by atoms with Gasteiger partial charge < -0.3 is 19.1 Å². The van der Waals surface area contributed by atoms with Crippen molar-refractivity contribution in [3.05, 3.63) is 211 Å². The highest BCUT2D eigenvalue weighted by molar-refractivity contribution is 6.10. The first-order valence-corrected chi connectivity index (χ1v) is 23.1. The number of para-hydroxylation sites is 5. The van der Waals surface area contributed by atoms with Crippen molar-refractivity contribution in [2.75, 3.05) is 16.5 Å². The molecule has 4 heterocycles. The van der Waals surface area contributed by atoms with Crippen LogP contribution < -0.4 is 14.5 Å². The van der Waals surface area contributed by atoms with Gasteiger partial charge in [-0.3, -0.25) is 4.57 Å². The number of anilines is 4. The van der Waals surface area contributed by atoms with Crippen LogP contribution >= 0.6 is 0 Å². The lowest BCUT2D eigenvalue weighted by Crippen LogP contribution is -2.25. The van der Waals surface area contributed by atoms with Crippen LogP contribution in [0.3, 0.4) is 0 Å². The van der Waals surface area contributed by atoms with Gasteiger partial charge in [-0.2, -0.15) is 0 Å². The number of ether oxygens (including phenoxy) is 1. The van der Waals surface area contributed by atoms with Gasteiger partial charge in [0.05, 0.1) is 44.4 Å². The number of nitrogens with zero attached hydrogens (tertiary/aromatic N) is 5. The number of benzene rings is 8. The van der Waals surface area contributed by atoms with Crippen molar-refractivity contribution in [3.8, 4) is 34.1 Å². The Morgan fingerprint density at radius 1 is 0.507 bits per heavy atom. The second kappa shape index (κ2) is 16.0. The smallest absolute Gasteiger partial charge is 0.137 e. The molecule has 0 spiro atoms. The van der Waals surface area contributed by atoms with Gasteiger partial charge in [0.15, 0.2) is 0 Å². The van der Waals surface area contributed by atoms with Crippen LogP contribution in [0.15, 0.2) is 194 Å². The highest BCUT2D eigenvalue weighted by Crippen LogP contribution is 2.47. The molecule has 338 valence electrons. The van der Waals surface area contributed by atoms with Crippen molar-refractivity contribution in [3.63, 3.8) is 0 Å². The van der Waals surface area contributed by atoms with Crippen molar-refractivity contribution < 1.29 is 19.8 Å². The maximum Gasteiger partial charge on any atom is 0.137 e. The summed E-state index contributed by atoms with van der Waals surface area (Å²) in [7, 11) is 0. The molecule has 0 unspecified atom stereocenters. The summed E-state index contributed by atoms with van der Waals surface area (Å²) in [6, 6.07) is 41.5. The van der Waals surface area contributed by atoms with Crippen LogP contribution in [0.5, 0.6) is 11.5 Å². The molecule has 0 aliphatic carbocycles. The number of pyridine rings is 1.